The minimum absolute atomic E-state index is 0.0350. The van der Waals surface area contributed by atoms with Gasteiger partial charge in [0.25, 0.3) is 0 Å². The normalized spacial score (nSPS) is 12.4. The van der Waals surface area contributed by atoms with Crippen molar-refractivity contribution in [1.82, 2.24) is 5.43 Å². The lowest BCUT2D eigenvalue weighted by atomic mass is 9.98. The van der Waals surface area contributed by atoms with Gasteiger partial charge in [0.2, 0.25) is 0 Å². The van der Waals surface area contributed by atoms with Crippen molar-refractivity contribution in [1.29, 1.82) is 0 Å². The Bertz CT molecular complexity index is 567. The molecule has 0 radical (unpaired) electrons. The predicted molar refractivity (Wildman–Crippen MR) is 86.1 cm³/mol. The van der Waals surface area contributed by atoms with Crippen molar-refractivity contribution in [3.63, 3.8) is 0 Å². The van der Waals surface area contributed by atoms with Gasteiger partial charge in [0, 0.05) is 10.0 Å². The minimum Gasteiger partial charge on any atom is -0.271 e. The first-order valence-corrected chi connectivity index (χ1v) is 7.38. The Labute approximate surface area is 129 Å². The molecule has 1 unspecified atom stereocenters. The highest BCUT2D eigenvalue weighted by Crippen LogP contribution is 2.28. The Kier molecular flexibility index (Phi) is 5.44. The van der Waals surface area contributed by atoms with E-state index < -0.39 is 0 Å². The van der Waals surface area contributed by atoms with Crippen LogP contribution in [0.15, 0.2) is 42.5 Å². The van der Waals surface area contributed by atoms with Crippen molar-refractivity contribution in [3.8, 4) is 0 Å². The molecule has 3 N–H and O–H groups in total. The van der Waals surface area contributed by atoms with Crippen LogP contribution in [0.4, 0.5) is 0 Å². The molecule has 2 aromatic carbocycles. The molecule has 0 saturated heterocycles. The quantitative estimate of drug-likeness (QED) is 0.638. The van der Waals surface area contributed by atoms with Crippen LogP contribution in [0.1, 0.15) is 29.7 Å². The van der Waals surface area contributed by atoms with Crippen LogP contribution in [0.5, 0.6) is 0 Å². The number of benzene rings is 2. The van der Waals surface area contributed by atoms with Gasteiger partial charge in [-0.15, -0.1) is 0 Å². The van der Waals surface area contributed by atoms with Crippen molar-refractivity contribution >= 4 is 23.2 Å². The van der Waals surface area contributed by atoms with Gasteiger partial charge in [-0.1, -0.05) is 60.5 Å². The van der Waals surface area contributed by atoms with E-state index in [0.717, 1.165) is 18.4 Å². The largest absolute Gasteiger partial charge is 0.271 e. The lowest BCUT2D eigenvalue weighted by Gasteiger charge is -2.18. The third-order valence-corrected chi connectivity index (χ3v) is 3.97. The van der Waals surface area contributed by atoms with Gasteiger partial charge >= 0.3 is 0 Å². The topological polar surface area (TPSA) is 38.0 Å². The molecule has 2 rings (SSSR count). The van der Waals surface area contributed by atoms with E-state index in [9.17, 15) is 0 Å². The lowest BCUT2D eigenvalue weighted by Crippen LogP contribution is -2.29. The molecule has 2 nitrogen and oxygen atoms in total. The fourth-order valence-corrected chi connectivity index (χ4v) is 2.73. The number of aryl methyl sites for hydroxylation is 1. The molecule has 0 heterocycles. The highest BCUT2D eigenvalue weighted by Gasteiger charge is 2.14. The van der Waals surface area contributed by atoms with Gasteiger partial charge < -0.3 is 0 Å². The number of hydrogen-bond donors (Lipinski definition) is 2. The average Bonchev–Trinajstić information content (AvgIpc) is 2.46. The van der Waals surface area contributed by atoms with Crippen LogP contribution in [-0.2, 0) is 12.8 Å². The van der Waals surface area contributed by atoms with E-state index in [1.165, 1.54) is 11.1 Å². The SMILES string of the molecule is CCc1ccc(CC(NN)c2ccc(Cl)cc2Cl)cc1. The maximum Gasteiger partial charge on any atom is 0.0515 e. The molecule has 0 aromatic heterocycles. The van der Waals surface area contributed by atoms with E-state index in [4.69, 9.17) is 29.0 Å². The van der Waals surface area contributed by atoms with Gasteiger partial charge in [0.1, 0.15) is 0 Å². The molecule has 0 bridgehead atoms. The molecule has 0 saturated carbocycles. The predicted octanol–water partition coefficient (Wildman–Crippen LogP) is 4.30. The Hall–Kier alpha value is -1.06. The number of nitrogens with one attached hydrogen (secondary N) is 1. The van der Waals surface area contributed by atoms with Crippen LogP contribution in [0.3, 0.4) is 0 Å². The Balaban J connectivity index is 2.19. The monoisotopic (exact) mass is 308 g/mol. The molecule has 1 atom stereocenters. The van der Waals surface area contributed by atoms with Crippen molar-refractivity contribution < 1.29 is 0 Å². The Morgan fingerprint density at radius 2 is 1.70 bits per heavy atom. The molecule has 106 valence electrons. The molecule has 0 aliphatic rings. The number of halogens is 2. The van der Waals surface area contributed by atoms with E-state index in [1.807, 2.05) is 12.1 Å². The highest BCUT2D eigenvalue weighted by atomic mass is 35.5. The van der Waals surface area contributed by atoms with Crippen molar-refractivity contribution in [2.45, 2.75) is 25.8 Å². The van der Waals surface area contributed by atoms with Crippen LogP contribution in [0.25, 0.3) is 0 Å². The van der Waals surface area contributed by atoms with Crippen LogP contribution in [-0.4, -0.2) is 0 Å². The molecule has 0 aliphatic heterocycles. The number of nitrogens with two attached hydrogens (primary N) is 1. The second kappa shape index (κ2) is 7.09. The van der Waals surface area contributed by atoms with Crippen LogP contribution < -0.4 is 11.3 Å². The fourth-order valence-electron chi connectivity index (χ4n) is 2.19. The standard InChI is InChI=1S/C16H18Cl2N2/c1-2-11-3-5-12(6-4-11)9-16(20-19)14-8-7-13(17)10-15(14)18/h3-8,10,16,20H,2,9,19H2,1H3. The zero-order valence-electron chi connectivity index (χ0n) is 11.4. The van der Waals surface area contributed by atoms with Crippen LogP contribution >= 0.6 is 23.2 Å². The second-order valence-electron chi connectivity index (χ2n) is 4.76. The summed E-state index contributed by atoms with van der Waals surface area (Å²) in [7, 11) is 0. The van der Waals surface area contributed by atoms with Crippen LogP contribution in [0.2, 0.25) is 10.0 Å². The maximum atomic E-state index is 6.24. The lowest BCUT2D eigenvalue weighted by molar-refractivity contribution is 0.552. The van der Waals surface area contributed by atoms with Crippen LogP contribution in [0, 0.1) is 0 Å². The first-order valence-electron chi connectivity index (χ1n) is 6.63. The Morgan fingerprint density at radius 1 is 1.05 bits per heavy atom. The van der Waals surface area contributed by atoms with Crippen molar-refractivity contribution in [3.05, 3.63) is 69.2 Å². The molecule has 0 spiro atoms. The number of rotatable bonds is 5. The van der Waals surface area contributed by atoms with Gasteiger partial charge in [-0.05, 0) is 41.7 Å². The summed E-state index contributed by atoms with van der Waals surface area (Å²) in [5.41, 5.74) is 6.33. The number of hydrogen-bond acceptors (Lipinski definition) is 2. The molecule has 0 fully saturated rings. The fraction of sp³-hybridized carbons (Fsp3) is 0.250. The molecule has 0 aliphatic carbocycles. The Morgan fingerprint density at radius 3 is 2.25 bits per heavy atom. The van der Waals surface area contributed by atoms with E-state index in [1.54, 1.807) is 6.07 Å². The number of hydrazine groups is 1. The zero-order valence-corrected chi connectivity index (χ0v) is 12.9. The summed E-state index contributed by atoms with van der Waals surface area (Å²) in [6.45, 7) is 2.15. The molecular formula is C16H18Cl2N2. The summed E-state index contributed by atoms with van der Waals surface area (Å²) in [6.07, 6.45) is 1.82. The summed E-state index contributed by atoms with van der Waals surface area (Å²) in [5, 5.41) is 1.26. The average molecular weight is 309 g/mol. The van der Waals surface area contributed by atoms with Gasteiger partial charge in [0.05, 0.1) is 6.04 Å². The van der Waals surface area contributed by atoms with Crippen molar-refractivity contribution in [2.24, 2.45) is 5.84 Å². The van der Waals surface area contributed by atoms with Gasteiger partial charge in [0.15, 0.2) is 0 Å². The highest BCUT2D eigenvalue weighted by molar-refractivity contribution is 6.35. The second-order valence-corrected chi connectivity index (χ2v) is 5.60. The molecular weight excluding hydrogens is 291 g/mol. The zero-order chi connectivity index (χ0) is 14.5. The molecule has 0 amide bonds. The summed E-state index contributed by atoms with van der Waals surface area (Å²) < 4.78 is 0. The third-order valence-electron chi connectivity index (χ3n) is 3.41. The van der Waals surface area contributed by atoms with E-state index in [2.05, 4.69) is 36.6 Å². The minimum atomic E-state index is -0.0350. The van der Waals surface area contributed by atoms with Crippen molar-refractivity contribution in [2.75, 3.05) is 0 Å². The smallest absolute Gasteiger partial charge is 0.0515 e. The van der Waals surface area contributed by atoms with E-state index >= 15 is 0 Å². The van der Waals surface area contributed by atoms with Gasteiger partial charge in [-0.3, -0.25) is 11.3 Å². The summed E-state index contributed by atoms with van der Waals surface area (Å²) in [4.78, 5) is 0. The summed E-state index contributed by atoms with van der Waals surface area (Å²) >= 11 is 12.2. The van der Waals surface area contributed by atoms with E-state index in [-0.39, 0.29) is 6.04 Å². The van der Waals surface area contributed by atoms with Gasteiger partial charge in [-0.25, -0.2) is 0 Å². The van der Waals surface area contributed by atoms with Gasteiger partial charge in [-0.2, -0.15) is 0 Å². The molecule has 4 heteroatoms. The summed E-state index contributed by atoms with van der Waals surface area (Å²) in [5.74, 6) is 5.67. The summed E-state index contributed by atoms with van der Waals surface area (Å²) in [6, 6.07) is 14.0. The first-order chi connectivity index (χ1) is 9.63. The third kappa shape index (κ3) is 3.74. The maximum absolute atomic E-state index is 6.24. The first kappa shape index (κ1) is 15.3. The molecule has 20 heavy (non-hydrogen) atoms. The molecule has 2 aromatic rings. The van der Waals surface area contributed by atoms with E-state index in [0.29, 0.717) is 10.0 Å².